The van der Waals surface area contributed by atoms with E-state index in [0.717, 1.165) is 44.0 Å². The molecule has 2 aromatic rings. The summed E-state index contributed by atoms with van der Waals surface area (Å²) in [5.74, 6) is 0.947. The van der Waals surface area contributed by atoms with Crippen molar-refractivity contribution in [3.05, 3.63) is 42.4 Å². The molecule has 1 fully saturated rings. The maximum Gasteiger partial charge on any atom is 0.147 e. The first-order valence-corrected chi connectivity index (χ1v) is 6.79. The zero-order valence-electron chi connectivity index (χ0n) is 10.9. The predicted octanol–water partition coefficient (Wildman–Crippen LogP) is 1.88. The van der Waals surface area contributed by atoms with Crippen molar-refractivity contribution in [3.63, 3.8) is 0 Å². The van der Waals surface area contributed by atoms with E-state index in [2.05, 4.69) is 31.5 Å². The summed E-state index contributed by atoms with van der Waals surface area (Å²) in [5.41, 5.74) is 1.15. The van der Waals surface area contributed by atoms with Crippen LogP contribution in [-0.4, -0.2) is 39.2 Å². The summed E-state index contributed by atoms with van der Waals surface area (Å²) in [7, 11) is 0. The molecule has 1 aliphatic heterocycles. The minimum atomic E-state index is 0.531. The molecule has 0 aliphatic carbocycles. The van der Waals surface area contributed by atoms with Crippen LogP contribution in [0.15, 0.2) is 36.7 Å². The maximum absolute atomic E-state index is 4.38. The minimum absolute atomic E-state index is 0.531. The average molecular weight is 257 g/mol. The highest BCUT2D eigenvalue weighted by molar-refractivity contribution is 5.33. The second-order valence-corrected chi connectivity index (χ2v) is 4.98. The van der Waals surface area contributed by atoms with Crippen LogP contribution < -0.4 is 5.32 Å². The molecule has 5 heteroatoms. The fraction of sp³-hybridized carbons (Fsp3) is 0.429. The molecule has 0 spiro atoms. The maximum atomic E-state index is 4.38. The lowest BCUT2D eigenvalue weighted by atomic mass is 10.0. The highest BCUT2D eigenvalue weighted by Crippen LogP contribution is 2.16. The van der Waals surface area contributed by atoms with E-state index in [9.17, 15) is 0 Å². The summed E-state index contributed by atoms with van der Waals surface area (Å²) in [5, 5.41) is 10.4. The van der Waals surface area contributed by atoms with E-state index in [-0.39, 0.29) is 0 Å². The van der Waals surface area contributed by atoms with Crippen molar-refractivity contribution in [1.29, 1.82) is 0 Å². The van der Waals surface area contributed by atoms with Gasteiger partial charge in [0.25, 0.3) is 0 Å². The first-order chi connectivity index (χ1) is 9.40. The fourth-order valence-electron chi connectivity index (χ4n) is 2.51. The van der Waals surface area contributed by atoms with Gasteiger partial charge in [0.15, 0.2) is 0 Å². The van der Waals surface area contributed by atoms with E-state index in [1.165, 1.54) is 0 Å². The summed E-state index contributed by atoms with van der Waals surface area (Å²) < 4.78 is 0. The summed E-state index contributed by atoms with van der Waals surface area (Å²) >= 11 is 0. The van der Waals surface area contributed by atoms with Gasteiger partial charge >= 0.3 is 0 Å². The Labute approximate surface area is 113 Å². The van der Waals surface area contributed by atoms with Gasteiger partial charge in [-0.25, -0.2) is 0 Å². The average Bonchev–Trinajstić information content (AvgIpc) is 2.95. The lowest BCUT2D eigenvalue weighted by Crippen LogP contribution is -2.38. The van der Waals surface area contributed by atoms with Crippen molar-refractivity contribution >= 4 is 5.82 Å². The number of nitrogens with one attached hydrogen (secondary N) is 2. The number of piperidine rings is 1. The molecule has 0 bridgehead atoms. The van der Waals surface area contributed by atoms with E-state index in [1.54, 1.807) is 0 Å². The van der Waals surface area contributed by atoms with Crippen LogP contribution in [0.3, 0.4) is 0 Å². The highest BCUT2D eigenvalue weighted by atomic mass is 15.2. The van der Waals surface area contributed by atoms with E-state index < -0.39 is 0 Å². The van der Waals surface area contributed by atoms with E-state index in [0.29, 0.717) is 6.04 Å². The zero-order valence-corrected chi connectivity index (χ0v) is 10.9. The molecule has 0 radical (unpaired) electrons. The normalized spacial score (nSPS) is 17.5. The van der Waals surface area contributed by atoms with Crippen LogP contribution >= 0.6 is 0 Å². The van der Waals surface area contributed by atoms with Crippen LogP contribution in [0.5, 0.6) is 0 Å². The molecular weight excluding hydrogens is 238 g/mol. The minimum Gasteiger partial charge on any atom is -0.366 e. The van der Waals surface area contributed by atoms with Gasteiger partial charge in [0.2, 0.25) is 0 Å². The SMILES string of the molecule is c1ccc(CN2CCC(Nc3cc[nH]n3)CC2)nc1. The van der Waals surface area contributed by atoms with Gasteiger partial charge in [-0.05, 0) is 31.0 Å². The number of aromatic amines is 1. The summed E-state index contributed by atoms with van der Waals surface area (Å²) in [6.45, 7) is 3.17. The quantitative estimate of drug-likeness (QED) is 0.878. The van der Waals surface area contributed by atoms with Crippen molar-refractivity contribution in [2.24, 2.45) is 0 Å². The van der Waals surface area contributed by atoms with Gasteiger partial charge < -0.3 is 5.32 Å². The fourth-order valence-corrected chi connectivity index (χ4v) is 2.51. The van der Waals surface area contributed by atoms with Gasteiger partial charge in [0, 0.05) is 38.1 Å². The molecule has 0 atom stereocenters. The van der Waals surface area contributed by atoms with Gasteiger partial charge in [-0.2, -0.15) is 5.10 Å². The highest BCUT2D eigenvalue weighted by Gasteiger charge is 2.19. The van der Waals surface area contributed by atoms with Gasteiger partial charge in [-0.1, -0.05) is 6.07 Å². The number of hydrogen-bond acceptors (Lipinski definition) is 4. The second kappa shape index (κ2) is 5.84. The van der Waals surface area contributed by atoms with Crippen LogP contribution in [0.1, 0.15) is 18.5 Å². The Bertz CT molecular complexity index is 474. The van der Waals surface area contributed by atoms with Crippen LogP contribution in [0.25, 0.3) is 0 Å². The Hall–Kier alpha value is -1.88. The molecule has 5 nitrogen and oxygen atoms in total. The van der Waals surface area contributed by atoms with E-state index >= 15 is 0 Å². The first-order valence-electron chi connectivity index (χ1n) is 6.79. The molecule has 100 valence electrons. The molecule has 0 aromatic carbocycles. The molecule has 3 rings (SSSR count). The van der Waals surface area contributed by atoms with Crippen molar-refractivity contribution in [2.75, 3.05) is 18.4 Å². The van der Waals surface area contributed by atoms with Crippen LogP contribution in [0.4, 0.5) is 5.82 Å². The molecule has 19 heavy (non-hydrogen) atoms. The van der Waals surface area contributed by atoms with E-state index in [4.69, 9.17) is 0 Å². The predicted molar refractivity (Wildman–Crippen MR) is 74.7 cm³/mol. The smallest absolute Gasteiger partial charge is 0.147 e. The third kappa shape index (κ3) is 3.32. The lowest BCUT2D eigenvalue weighted by molar-refractivity contribution is 0.209. The molecule has 2 N–H and O–H groups in total. The summed E-state index contributed by atoms with van der Waals surface area (Å²) in [6, 6.07) is 8.61. The first kappa shape index (κ1) is 12.2. The monoisotopic (exact) mass is 257 g/mol. The Morgan fingerprint density at radius 1 is 1.26 bits per heavy atom. The molecule has 0 unspecified atom stereocenters. The Morgan fingerprint density at radius 3 is 2.84 bits per heavy atom. The molecular formula is C14H19N5. The van der Waals surface area contributed by atoms with Crippen LogP contribution in [0.2, 0.25) is 0 Å². The number of pyridine rings is 1. The van der Waals surface area contributed by atoms with Crippen LogP contribution in [0, 0.1) is 0 Å². The van der Waals surface area contributed by atoms with Crippen molar-refractivity contribution in [3.8, 4) is 0 Å². The number of hydrogen-bond donors (Lipinski definition) is 2. The Kier molecular flexibility index (Phi) is 3.74. The molecule has 3 heterocycles. The molecule has 1 aliphatic rings. The standard InChI is InChI=1S/C14H19N5/c1-2-7-15-13(3-1)11-19-9-5-12(6-10-19)17-14-4-8-16-18-14/h1-4,7-8,12H,5-6,9-11H2,(H2,16,17,18). The van der Waals surface area contributed by atoms with Gasteiger partial charge in [-0.3, -0.25) is 15.0 Å². The number of nitrogens with zero attached hydrogens (tertiary/aromatic N) is 3. The number of likely N-dealkylation sites (tertiary alicyclic amines) is 1. The molecule has 0 amide bonds. The van der Waals surface area contributed by atoms with Crippen molar-refractivity contribution in [1.82, 2.24) is 20.1 Å². The number of aromatic nitrogens is 3. The summed E-state index contributed by atoms with van der Waals surface area (Å²) in [6.07, 6.45) is 6.01. The number of rotatable bonds is 4. The zero-order chi connectivity index (χ0) is 12.9. The Balaban J connectivity index is 1.47. The topological polar surface area (TPSA) is 56.8 Å². The van der Waals surface area contributed by atoms with Crippen molar-refractivity contribution < 1.29 is 0 Å². The second-order valence-electron chi connectivity index (χ2n) is 4.98. The van der Waals surface area contributed by atoms with Gasteiger partial charge in [-0.15, -0.1) is 0 Å². The lowest BCUT2D eigenvalue weighted by Gasteiger charge is -2.32. The van der Waals surface area contributed by atoms with E-state index in [1.807, 2.05) is 30.6 Å². The Morgan fingerprint density at radius 2 is 2.16 bits per heavy atom. The molecule has 2 aromatic heterocycles. The van der Waals surface area contributed by atoms with Crippen LogP contribution in [-0.2, 0) is 6.54 Å². The molecule has 0 saturated carbocycles. The molecule has 1 saturated heterocycles. The third-order valence-electron chi connectivity index (χ3n) is 3.55. The largest absolute Gasteiger partial charge is 0.366 e. The third-order valence-corrected chi connectivity index (χ3v) is 3.55. The van der Waals surface area contributed by atoms with Gasteiger partial charge in [0.05, 0.1) is 5.69 Å². The number of H-pyrrole nitrogens is 1. The summed E-state index contributed by atoms with van der Waals surface area (Å²) in [4.78, 5) is 6.84. The number of anilines is 1. The van der Waals surface area contributed by atoms with Crippen molar-refractivity contribution in [2.45, 2.75) is 25.4 Å². The van der Waals surface area contributed by atoms with Gasteiger partial charge in [0.1, 0.15) is 5.82 Å².